The van der Waals surface area contributed by atoms with Crippen LogP contribution in [-0.2, 0) is 0 Å². The molecule has 0 radical (unpaired) electrons. The van der Waals surface area contributed by atoms with Gasteiger partial charge in [0.25, 0.3) is 0 Å². The Kier molecular flexibility index (Phi) is 6.26. The molecule has 0 saturated carbocycles. The van der Waals surface area contributed by atoms with E-state index in [9.17, 15) is 49.8 Å². The van der Waals surface area contributed by atoms with Gasteiger partial charge in [0, 0.05) is 63.1 Å². The van der Waals surface area contributed by atoms with E-state index in [0.717, 1.165) is 25.1 Å². The molecule has 12 nitrogen and oxygen atoms in total. The Bertz CT molecular complexity index is 1930. The van der Waals surface area contributed by atoms with Crippen LogP contribution in [0.2, 0.25) is 0 Å². The van der Waals surface area contributed by atoms with Gasteiger partial charge in [0.1, 0.15) is 40.5 Å². The summed E-state index contributed by atoms with van der Waals surface area (Å²) in [6, 6.07) is 4.48. The third-order valence-corrected chi connectivity index (χ3v) is 8.71. The van der Waals surface area contributed by atoms with Crippen LogP contribution in [0.15, 0.2) is 35.4 Å². The lowest BCUT2D eigenvalue weighted by Gasteiger charge is -2.41. The molecule has 6 rings (SSSR count). The van der Waals surface area contributed by atoms with Crippen LogP contribution in [0.5, 0.6) is 28.7 Å². The zero-order valence-corrected chi connectivity index (χ0v) is 23.8. The number of hydrogen-bond acceptors (Lipinski definition) is 12. The second-order valence-electron chi connectivity index (χ2n) is 11.2. The molecule has 3 aromatic rings. The number of hydrogen-bond donors (Lipinski definition) is 6. The summed E-state index contributed by atoms with van der Waals surface area (Å²) in [5.74, 6) is -5.57. The van der Waals surface area contributed by atoms with Gasteiger partial charge in [-0.1, -0.05) is 0 Å². The van der Waals surface area contributed by atoms with Crippen molar-refractivity contribution in [2.45, 2.75) is 38.1 Å². The normalized spacial score (nSPS) is 22.3. The molecule has 0 fully saturated rings. The predicted molar refractivity (Wildman–Crippen MR) is 151 cm³/mol. The van der Waals surface area contributed by atoms with Crippen LogP contribution in [0.3, 0.4) is 0 Å². The first-order valence-corrected chi connectivity index (χ1v) is 13.4. The molecule has 0 saturated heterocycles. The quantitative estimate of drug-likeness (QED) is 0.199. The Morgan fingerprint density at radius 1 is 0.682 bits per heavy atom. The fraction of sp³-hybridized carbons (Fsp3) is 0.250. The van der Waals surface area contributed by atoms with E-state index >= 15 is 0 Å². The standard InChI is InChI=1S/C32H26O12/c1-10-5-11-12(6-14(10)33)27(37)21-15(34)8-17(43-3)23(25(21)28(11)38)24-18(44-4)9-16(35)22-26(24)30(40)20-13(29(22)39)7-19(36)32(2,42)31(20)41/h5-6,8-9,19,31,33-36,41-42H,7H2,1-4H3. The van der Waals surface area contributed by atoms with Gasteiger partial charge in [0.05, 0.1) is 31.5 Å². The highest BCUT2D eigenvalue weighted by Gasteiger charge is 2.52. The van der Waals surface area contributed by atoms with Crippen molar-refractivity contribution in [1.82, 2.24) is 0 Å². The number of aliphatic hydroxyl groups is 3. The average Bonchev–Trinajstić information content (AvgIpc) is 2.97. The third kappa shape index (κ3) is 3.62. The van der Waals surface area contributed by atoms with Gasteiger partial charge in [-0.2, -0.15) is 0 Å². The number of benzene rings is 3. The molecule has 12 heteroatoms. The first-order valence-electron chi connectivity index (χ1n) is 13.4. The lowest BCUT2D eigenvalue weighted by molar-refractivity contribution is -0.126. The molecule has 0 aliphatic heterocycles. The summed E-state index contributed by atoms with van der Waals surface area (Å²) in [6.07, 6.45) is -4.14. The minimum atomic E-state index is -2.22. The highest BCUT2D eigenvalue weighted by Crippen LogP contribution is 2.53. The van der Waals surface area contributed by atoms with Crippen LogP contribution >= 0.6 is 0 Å². The summed E-state index contributed by atoms with van der Waals surface area (Å²) in [5, 5.41) is 64.5. The molecule has 3 aliphatic carbocycles. The molecule has 0 spiro atoms. The van der Waals surface area contributed by atoms with Gasteiger partial charge in [-0.25, -0.2) is 0 Å². The lowest BCUT2D eigenvalue weighted by Crippen LogP contribution is -2.56. The third-order valence-electron chi connectivity index (χ3n) is 8.71. The molecule has 3 aliphatic rings. The number of rotatable bonds is 3. The van der Waals surface area contributed by atoms with Crippen molar-refractivity contribution in [3.05, 3.63) is 74.4 Å². The van der Waals surface area contributed by atoms with E-state index < -0.39 is 86.7 Å². The maximum atomic E-state index is 14.3. The predicted octanol–water partition coefficient (Wildman–Crippen LogP) is 2.12. The molecule has 0 heterocycles. The summed E-state index contributed by atoms with van der Waals surface area (Å²) in [4.78, 5) is 56.0. The van der Waals surface area contributed by atoms with Crippen molar-refractivity contribution in [2.24, 2.45) is 0 Å². The molecule has 3 unspecified atom stereocenters. The number of aliphatic hydroxyl groups excluding tert-OH is 2. The van der Waals surface area contributed by atoms with Crippen LogP contribution in [0.1, 0.15) is 71.5 Å². The molecule has 44 heavy (non-hydrogen) atoms. The Morgan fingerprint density at radius 2 is 1.16 bits per heavy atom. The molecule has 0 bridgehead atoms. The molecule has 3 aromatic carbocycles. The van der Waals surface area contributed by atoms with Crippen LogP contribution < -0.4 is 9.47 Å². The minimum Gasteiger partial charge on any atom is -0.508 e. The number of aromatic hydroxyl groups is 3. The van der Waals surface area contributed by atoms with E-state index in [4.69, 9.17) is 9.47 Å². The Labute approximate surface area is 249 Å². The molecule has 0 amide bonds. The van der Waals surface area contributed by atoms with Gasteiger partial charge in [0.15, 0.2) is 23.1 Å². The van der Waals surface area contributed by atoms with E-state index in [-0.39, 0.29) is 50.6 Å². The smallest absolute Gasteiger partial charge is 0.198 e. The number of aryl methyl sites for hydroxylation is 1. The largest absolute Gasteiger partial charge is 0.508 e. The molecular weight excluding hydrogens is 576 g/mol. The average molecular weight is 603 g/mol. The molecule has 226 valence electrons. The van der Waals surface area contributed by atoms with Crippen LogP contribution in [0.25, 0.3) is 11.1 Å². The van der Waals surface area contributed by atoms with Crippen molar-refractivity contribution < 1.29 is 59.3 Å². The second kappa shape index (κ2) is 9.48. The first kappa shape index (κ1) is 29.1. The van der Waals surface area contributed by atoms with Gasteiger partial charge >= 0.3 is 0 Å². The van der Waals surface area contributed by atoms with E-state index in [1.807, 2.05) is 0 Å². The fourth-order valence-electron chi connectivity index (χ4n) is 6.27. The van der Waals surface area contributed by atoms with Crippen molar-refractivity contribution in [3.8, 4) is 39.9 Å². The van der Waals surface area contributed by atoms with Crippen LogP contribution in [0.4, 0.5) is 0 Å². The van der Waals surface area contributed by atoms with Crippen LogP contribution in [0, 0.1) is 6.92 Å². The SMILES string of the molecule is COc1cc(O)c2c(c1-c1c(OC)cc(O)c3c1C(=O)c1cc(C)c(O)cc1C3=O)C(=O)C1=C(CC(O)C(C)(O)C1O)C2=O. The van der Waals surface area contributed by atoms with Crippen molar-refractivity contribution >= 4 is 23.1 Å². The van der Waals surface area contributed by atoms with Gasteiger partial charge in [-0.05, 0) is 31.5 Å². The van der Waals surface area contributed by atoms with Gasteiger partial charge in [-0.15, -0.1) is 0 Å². The highest BCUT2D eigenvalue weighted by molar-refractivity contribution is 6.34. The van der Waals surface area contributed by atoms with Crippen LogP contribution in [-0.4, -0.2) is 85.8 Å². The maximum Gasteiger partial charge on any atom is 0.198 e. The zero-order valence-electron chi connectivity index (χ0n) is 23.8. The highest BCUT2D eigenvalue weighted by atomic mass is 16.5. The summed E-state index contributed by atoms with van der Waals surface area (Å²) >= 11 is 0. The monoisotopic (exact) mass is 602 g/mol. The molecule has 3 atom stereocenters. The molecule has 6 N–H and O–H groups in total. The number of carbonyl (C=O) groups excluding carboxylic acids is 4. The summed E-state index contributed by atoms with van der Waals surface area (Å²) in [6.45, 7) is 2.62. The lowest BCUT2D eigenvalue weighted by atomic mass is 9.68. The topological polar surface area (TPSA) is 208 Å². The number of fused-ring (bicyclic) bond motifs is 3. The number of Topliss-reactive ketones (excluding diaryl/α,β-unsaturated/α-hetero) is 2. The fourth-order valence-corrected chi connectivity index (χ4v) is 6.27. The zero-order chi connectivity index (χ0) is 32.2. The van der Waals surface area contributed by atoms with Crippen molar-refractivity contribution in [2.75, 3.05) is 14.2 Å². The number of ketones is 4. The van der Waals surface area contributed by atoms with Crippen molar-refractivity contribution in [1.29, 1.82) is 0 Å². The number of phenolic OH excluding ortho intramolecular Hbond substituents is 3. The van der Waals surface area contributed by atoms with Gasteiger partial charge < -0.3 is 40.1 Å². The van der Waals surface area contributed by atoms with E-state index in [1.54, 1.807) is 0 Å². The van der Waals surface area contributed by atoms with Gasteiger partial charge in [0.2, 0.25) is 0 Å². The molecular formula is C32H26O12. The van der Waals surface area contributed by atoms with E-state index in [0.29, 0.717) is 0 Å². The number of methoxy groups -OCH3 is 2. The number of phenols is 3. The number of ether oxygens (including phenoxy) is 2. The van der Waals surface area contributed by atoms with E-state index in [2.05, 4.69) is 0 Å². The molecule has 0 aromatic heterocycles. The Balaban J connectivity index is 1.74. The van der Waals surface area contributed by atoms with E-state index in [1.165, 1.54) is 27.2 Å². The summed E-state index contributed by atoms with van der Waals surface area (Å²) in [5.41, 5.74) is -5.47. The number of carbonyl (C=O) groups is 4. The first-order chi connectivity index (χ1) is 20.7. The second-order valence-corrected chi connectivity index (χ2v) is 11.2. The Morgan fingerprint density at radius 3 is 1.70 bits per heavy atom. The maximum absolute atomic E-state index is 14.3. The van der Waals surface area contributed by atoms with Crippen molar-refractivity contribution in [3.63, 3.8) is 0 Å². The summed E-state index contributed by atoms with van der Waals surface area (Å²) < 4.78 is 11.0. The Hall–Kier alpha value is -5.04. The van der Waals surface area contributed by atoms with Gasteiger partial charge in [-0.3, -0.25) is 19.2 Å². The minimum absolute atomic E-state index is 0.113. The summed E-state index contributed by atoms with van der Waals surface area (Å²) in [7, 11) is 2.39.